The summed E-state index contributed by atoms with van der Waals surface area (Å²) in [5.41, 5.74) is 0.534. The molecule has 0 atom stereocenters. The SMILES string of the molecule is COC(=O)c1ccc(COc2cnn(C(C)C)c2)cc1F. The molecule has 0 aliphatic carbocycles. The zero-order valence-corrected chi connectivity index (χ0v) is 12.2. The predicted octanol–water partition coefficient (Wildman–Crippen LogP) is 2.97. The molecule has 0 radical (unpaired) electrons. The van der Waals surface area contributed by atoms with Crippen LogP contribution in [0.15, 0.2) is 30.6 Å². The van der Waals surface area contributed by atoms with Crippen molar-refractivity contribution in [1.29, 1.82) is 0 Å². The summed E-state index contributed by atoms with van der Waals surface area (Å²) in [4.78, 5) is 11.3. The van der Waals surface area contributed by atoms with E-state index in [1.807, 2.05) is 13.8 Å². The van der Waals surface area contributed by atoms with Gasteiger partial charge in [-0.15, -0.1) is 0 Å². The molecule has 0 spiro atoms. The van der Waals surface area contributed by atoms with Crippen LogP contribution in [0.3, 0.4) is 0 Å². The number of rotatable bonds is 5. The largest absolute Gasteiger partial charge is 0.486 e. The van der Waals surface area contributed by atoms with Gasteiger partial charge in [-0.3, -0.25) is 4.68 Å². The Bertz CT molecular complexity index is 638. The summed E-state index contributed by atoms with van der Waals surface area (Å²) in [6.45, 7) is 4.22. The fourth-order valence-corrected chi connectivity index (χ4v) is 1.77. The molecule has 0 saturated carbocycles. The lowest BCUT2D eigenvalue weighted by atomic mass is 10.1. The van der Waals surface area contributed by atoms with Crippen LogP contribution in [0, 0.1) is 5.82 Å². The van der Waals surface area contributed by atoms with Crippen molar-refractivity contribution in [3.63, 3.8) is 0 Å². The Balaban J connectivity index is 2.03. The van der Waals surface area contributed by atoms with Crippen molar-refractivity contribution in [3.8, 4) is 5.75 Å². The molecule has 0 fully saturated rings. The van der Waals surface area contributed by atoms with Crippen LogP contribution in [0.2, 0.25) is 0 Å². The van der Waals surface area contributed by atoms with Crippen LogP contribution in [-0.4, -0.2) is 22.9 Å². The number of nitrogens with zero attached hydrogens (tertiary/aromatic N) is 2. The van der Waals surface area contributed by atoms with Gasteiger partial charge in [0.2, 0.25) is 0 Å². The second-order valence-electron chi connectivity index (χ2n) is 4.84. The normalized spacial score (nSPS) is 10.7. The molecule has 0 saturated heterocycles. The van der Waals surface area contributed by atoms with E-state index in [9.17, 15) is 9.18 Å². The number of benzene rings is 1. The molecule has 0 bridgehead atoms. The molecule has 21 heavy (non-hydrogen) atoms. The molecule has 2 rings (SSSR count). The number of carbonyl (C=O) groups excluding carboxylic acids is 1. The highest BCUT2D eigenvalue weighted by molar-refractivity contribution is 5.89. The van der Waals surface area contributed by atoms with Crippen LogP contribution in [0.4, 0.5) is 4.39 Å². The van der Waals surface area contributed by atoms with E-state index in [2.05, 4.69) is 9.84 Å². The van der Waals surface area contributed by atoms with Gasteiger partial charge in [0.25, 0.3) is 0 Å². The maximum Gasteiger partial charge on any atom is 0.340 e. The van der Waals surface area contributed by atoms with Crippen molar-refractivity contribution in [2.45, 2.75) is 26.5 Å². The van der Waals surface area contributed by atoms with Crippen LogP contribution in [0.1, 0.15) is 35.8 Å². The van der Waals surface area contributed by atoms with Gasteiger partial charge in [0.1, 0.15) is 12.4 Å². The Hall–Kier alpha value is -2.37. The number of methoxy groups -OCH3 is 1. The quantitative estimate of drug-likeness (QED) is 0.795. The second-order valence-corrected chi connectivity index (χ2v) is 4.84. The van der Waals surface area contributed by atoms with Gasteiger partial charge in [0.05, 0.1) is 25.1 Å². The standard InChI is InChI=1S/C15H17FN2O3/c1-10(2)18-8-12(7-17-18)21-9-11-4-5-13(14(16)6-11)15(19)20-3/h4-8,10H,9H2,1-3H3. The maximum absolute atomic E-state index is 13.8. The zero-order valence-electron chi connectivity index (χ0n) is 12.2. The van der Waals surface area contributed by atoms with Gasteiger partial charge in [-0.05, 0) is 31.5 Å². The fraction of sp³-hybridized carbons (Fsp3) is 0.333. The predicted molar refractivity (Wildman–Crippen MR) is 74.7 cm³/mol. The minimum absolute atomic E-state index is 0.0890. The van der Waals surface area contributed by atoms with Crippen LogP contribution >= 0.6 is 0 Å². The molecular weight excluding hydrogens is 275 g/mol. The summed E-state index contributed by atoms with van der Waals surface area (Å²) >= 11 is 0. The Morgan fingerprint density at radius 3 is 2.76 bits per heavy atom. The molecule has 112 valence electrons. The number of carbonyl (C=O) groups is 1. The smallest absolute Gasteiger partial charge is 0.340 e. The molecule has 2 aromatic rings. The van der Waals surface area contributed by atoms with Crippen molar-refractivity contribution < 1.29 is 18.7 Å². The van der Waals surface area contributed by atoms with Gasteiger partial charge in [-0.1, -0.05) is 6.07 Å². The van der Waals surface area contributed by atoms with E-state index >= 15 is 0 Å². The highest BCUT2D eigenvalue weighted by atomic mass is 19.1. The first kappa shape index (κ1) is 15.0. The monoisotopic (exact) mass is 292 g/mol. The second kappa shape index (κ2) is 6.39. The Labute approximate surface area is 122 Å². The van der Waals surface area contributed by atoms with E-state index in [0.29, 0.717) is 11.3 Å². The summed E-state index contributed by atoms with van der Waals surface area (Å²) in [6, 6.07) is 4.53. The van der Waals surface area contributed by atoms with Crippen molar-refractivity contribution in [1.82, 2.24) is 9.78 Å². The van der Waals surface area contributed by atoms with Crippen LogP contribution in [0.25, 0.3) is 0 Å². The minimum atomic E-state index is -0.696. The van der Waals surface area contributed by atoms with Crippen molar-refractivity contribution in [2.75, 3.05) is 7.11 Å². The molecule has 5 nitrogen and oxygen atoms in total. The number of halogens is 1. The molecule has 0 unspecified atom stereocenters. The lowest BCUT2D eigenvalue weighted by Crippen LogP contribution is -2.05. The van der Waals surface area contributed by atoms with E-state index < -0.39 is 11.8 Å². The molecule has 0 N–H and O–H groups in total. The van der Waals surface area contributed by atoms with E-state index in [1.165, 1.54) is 19.2 Å². The Kier molecular flexibility index (Phi) is 4.57. The van der Waals surface area contributed by atoms with Gasteiger partial charge in [-0.25, -0.2) is 9.18 Å². The third-order valence-electron chi connectivity index (χ3n) is 2.95. The van der Waals surface area contributed by atoms with Gasteiger partial charge in [-0.2, -0.15) is 5.10 Å². The summed E-state index contributed by atoms with van der Waals surface area (Å²) in [5, 5.41) is 4.15. The number of hydrogen-bond donors (Lipinski definition) is 0. The van der Waals surface area contributed by atoms with E-state index in [4.69, 9.17) is 4.74 Å². The summed E-state index contributed by atoms with van der Waals surface area (Å²) in [5.74, 6) is -0.708. The van der Waals surface area contributed by atoms with Crippen molar-refractivity contribution in [2.24, 2.45) is 0 Å². The molecule has 6 heteroatoms. The van der Waals surface area contributed by atoms with Crippen LogP contribution in [0.5, 0.6) is 5.75 Å². The maximum atomic E-state index is 13.8. The topological polar surface area (TPSA) is 53.4 Å². The van der Waals surface area contributed by atoms with Crippen molar-refractivity contribution in [3.05, 3.63) is 47.5 Å². The number of ether oxygens (including phenoxy) is 2. The first-order valence-electron chi connectivity index (χ1n) is 6.55. The highest BCUT2D eigenvalue weighted by Gasteiger charge is 2.12. The van der Waals surface area contributed by atoms with Gasteiger partial charge in [0, 0.05) is 6.04 Å². The molecule has 1 aromatic heterocycles. The van der Waals surface area contributed by atoms with Crippen molar-refractivity contribution >= 4 is 5.97 Å². The molecule has 0 amide bonds. The first-order valence-corrected chi connectivity index (χ1v) is 6.55. The minimum Gasteiger partial charge on any atom is -0.486 e. The molecule has 0 aliphatic heterocycles. The van der Waals surface area contributed by atoms with E-state index in [1.54, 1.807) is 23.1 Å². The molecule has 0 aliphatic rings. The fourth-order valence-electron chi connectivity index (χ4n) is 1.77. The van der Waals surface area contributed by atoms with Gasteiger partial charge in [0.15, 0.2) is 5.75 Å². The average molecular weight is 292 g/mol. The molecule has 1 heterocycles. The third-order valence-corrected chi connectivity index (χ3v) is 2.95. The van der Waals surface area contributed by atoms with E-state index in [0.717, 1.165) is 0 Å². The number of hydrogen-bond acceptors (Lipinski definition) is 4. The van der Waals surface area contributed by atoms with E-state index in [-0.39, 0.29) is 18.2 Å². The summed E-state index contributed by atoms with van der Waals surface area (Å²) in [6.07, 6.45) is 3.39. The Morgan fingerprint density at radius 2 is 2.19 bits per heavy atom. The first-order chi connectivity index (χ1) is 10.0. The highest BCUT2D eigenvalue weighted by Crippen LogP contribution is 2.16. The lowest BCUT2D eigenvalue weighted by Gasteiger charge is -2.06. The lowest BCUT2D eigenvalue weighted by molar-refractivity contribution is 0.0595. The number of esters is 1. The Morgan fingerprint density at radius 1 is 1.43 bits per heavy atom. The average Bonchev–Trinajstić information content (AvgIpc) is 2.93. The number of aromatic nitrogens is 2. The van der Waals surface area contributed by atoms with Gasteiger partial charge < -0.3 is 9.47 Å². The molecular formula is C15H17FN2O3. The van der Waals surface area contributed by atoms with Gasteiger partial charge >= 0.3 is 5.97 Å². The summed E-state index contributed by atoms with van der Waals surface area (Å²) in [7, 11) is 1.21. The van der Waals surface area contributed by atoms with Crippen LogP contribution in [-0.2, 0) is 11.3 Å². The summed E-state index contributed by atoms with van der Waals surface area (Å²) < 4.78 is 25.6. The molecule has 1 aromatic carbocycles. The zero-order chi connectivity index (χ0) is 15.4. The third kappa shape index (κ3) is 3.59. The van der Waals surface area contributed by atoms with Crippen LogP contribution < -0.4 is 4.74 Å².